The largest absolute Gasteiger partial charge is 0.508 e. The van der Waals surface area contributed by atoms with Crippen LogP contribution in [0.1, 0.15) is 40.7 Å². The topological polar surface area (TPSA) is 83.8 Å². The first-order valence-corrected chi connectivity index (χ1v) is 9.67. The minimum absolute atomic E-state index is 0.0800. The van der Waals surface area contributed by atoms with Gasteiger partial charge in [-0.05, 0) is 36.1 Å². The molecule has 1 heterocycles. The Balaban J connectivity index is 1.93. The van der Waals surface area contributed by atoms with Crippen LogP contribution in [-0.2, 0) is 22.4 Å². The number of esters is 1. The summed E-state index contributed by atoms with van der Waals surface area (Å²) in [4.78, 5) is 25.1. The van der Waals surface area contributed by atoms with Gasteiger partial charge in [-0.2, -0.15) is 0 Å². The van der Waals surface area contributed by atoms with Crippen LogP contribution in [0.4, 0.5) is 0 Å². The van der Waals surface area contributed by atoms with Crippen LogP contribution in [0.25, 0.3) is 0 Å². The molecule has 0 saturated carbocycles. The molecular formula is C24H24O5. The molecule has 1 aliphatic heterocycles. The molecule has 0 saturated heterocycles. The molecule has 0 radical (unpaired) electrons. The van der Waals surface area contributed by atoms with Crippen molar-refractivity contribution in [2.75, 3.05) is 0 Å². The maximum Gasteiger partial charge on any atom is 0.342 e. The number of phenolic OH excluding ortho intramolecular Hbond substituents is 2. The van der Waals surface area contributed by atoms with E-state index in [2.05, 4.69) is 0 Å². The summed E-state index contributed by atoms with van der Waals surface area (Å²) in [6.07, 6.45) is 9.29. The first-order valence-electron chi connectivity index (χ1n) is 9.67. The minimum Gasteiger partial charge on any atom is -0.508 e. The van der Waals surface area contributed by atoms with E-state index in [4.69, 9.17) is 4.74 Å². The highest BCUT2D eigenvalue weighted by Crippen LogP contribution is 2.29. The molecule has 0 unspecified atom stereocenters. The third-order valence-electron chi connectivity index (χ3n) is 4.70. The lowest BCUT2D eigenvalue weighted by atomic mass is 9.99. The summed E-state index contributed by atoms with van der Waals surface area (Å²) in [5.74, 6) is -1.54. The van der Waals surface area contributed by atoms with Gasteiger partial charge in [0.1, 0.15) is 23.2 Å². The highest BCUT2D eigenvalue weighted by molar-refractivity contribution is 5.98. The number of hydrogen-bond donors (Lipinski definition) is 2. The number of cyclic esters (lactones) is 1. The van der Waals surface area contributed by atoms with Gasteiger partial charge in [0.2, 0.25) is 0 Å². The number of rotatable bonds is 2. The summed E-state index contributed by atoms with van der Waals surface area (Å²) < 4.78 is 5.72. The van der Waals surface area contributed by atoms with E-state index in [-0.39, 0.29) is 29.1 Å². The number of hydrogen-bond acceptors (Lipinski definition) is 5. The third kappa shape index (κ3) is 5.82. The lowest BCUT2D eigenvalue weighted by molar-refractivity contribution is -0.114. The first kappa shape index (κ1) is 20.4. The predicted octanol–water partition coefficient (Wildman–Crippen LogP) is 4.27. The molecule has 29 heavy (non-hydrogen) atoms. The van der Waals surface area contributed by atoms with Crippen LogP contribution < -0.4 is 0 Å². The fraction of sp³-hybridized carbons (Fsp3) is 0.250. The molecule has 0 spiro atoms. The van der Waals surface area contributed by atoms with Crippen LogP contribution in [0.3, 0.4) is 0 Å². The van der Waals surface area contributed by atoms with E-state index in [0.717, 1.165) is 24.5 Å². The van der Waals surface area contributed by atoms with Crippen molar-refractivity contribution in [3.63, 3.8) is 0 Å². The predicted molar refractivity (Wildman–Crippen MR) is 110 cm³/mol. The Morgan fingerprint density at radius 2 is 1.72 bits per heavy atom. The van der Waals surface area contributed by atoms with Crippen LogP contribution in [0.15, 0.2) is 66.8 Å². The van der Waals surface area contributed by atoms with Crippen molar-refractivity contribution >= 4 is 11.8 Å². The monoisotopic (exact) mass is 392 g/mol. The number of carbonyl (C=O) groups excluding carboxylic acids is 2. The van der Waals surface area contributed by atoms with Crippen LogP contribution in [0.2, 0.25) is 0 Å². The Kier molecular flexibility index (Phi) is 6.85. The van der Waals surface area contributed by atoms with Crippen molar-refractivity contribution in [1.29, 1.82) is 0 Å². The molecule has 150 valence electrons. The van der Waals surface area contributed by atoms with Gasteiger partial charge in [-0.3, -0.25) is 4.79 Å². The Bertz CT molecular complexity index is 928. The van der Waals surface area contributed by atoms with Gasteiger partial charge < -0.3 is 14.9 Å². The summed E-state index contributed by atoms with van der Waals surface area (Å²) in [6.45, 7) is 0. The first-order chi connectivity index (χ1) is 14.0. The molecule has 0 amide bonds. The van der Waals surface area contributed by atoms with E-state index in [0.29, 0.717) is 12.8 Å². The van der Waals surface area contributed by atoms with Crippen LogP contribution >= 0.6 is 0 Å². The Morgan fingerprint density at radius 3 is 2.52 bits per heavy atom. The van der Waals surface area contributed by atoms with Gasteiger partial charge >= 0.3 is 5.97 Å². The average molecular weight is 392 g/mol. The second-order valence-corrected chi connectivity index (χ2v) is 7.05. The van der Waals surface area contributed by atoms with Crippen molar-refractivity contribution in [3.05, 3.63) is 83.5 Å². The highest BCUT2D eigenvalue weighted by atomic mass is 16.5. The third-order valence-corrected chi connectivity index (χ3v) is 4.70. The van der Waals surface area contributed by atoms with Gasteiger partial charge in [0.15, 0.2) is 5.78 Å². The highest BCUT2D eigenvalue weighted by Gasteiger charge is 2.23. The van der Waals surface area contributed by atoms with Crippen molar-refractivity contribution in [2.45, 2.75) is 38.2 Å². The van der Waals surface area contributed by atoms with E-state index >= 15 is 0 Å². The van der Waals surface area contributed by atoms with Gasteiger partial charge in [-0.15, -0.1) is 0 Å². The maximum atomic E-state index is 12.9. The van der Waals surface area contributed by atoms with E-state index in [9.17, 15) is 19.8 Å². The van der Waals surface area contributed by atoms with Gasteiger partial charge in [-0.25, -0.2) is 4.79 Å². The maximum absolute atomic E-state index is 12.9. The molecule has 5 nitrogen and oxygen atoms in total. The van der Waals surface area contributed by atoms with Crippen molar-refractivity contribution < 1.29 is 24.5 Å². The van der Waals surface area contributed by atoms with Crippen molar-refractivity contribution in [1.82, 2.24) is 0 Å². The Hall–Kier alpha value is -3.34. The fourth-order valence-corrected chi connectivity index (χ4v) is 3.32. The van der Waals surface area contributed by atoms with E-state index in [1.807, 2.05) is 42.5 Å². The van der Waals surface area contributed by atoms with Crippen LogP contribution in [0.5, 0.6) is 11.5 Å². The molecular weight excluding hydrogens is 368 g/mol. The van der Waals surface area contributed by atoms with E-state index in [1.54, 1.807) is 6.08 Å². The molecule has 2 N–H and O–H groups in total. The lowest BCUT2D eigenvalue weighted by Gasteiger charge is -2.19. The van der Waals surface area contributed by atoms with Gasteiger partial charge in [0.05, 0.1) is 0 Å². The number of phenols is 2. The minimum atomic E-state index is -0.708. The summed E-state index contributed by atoms with van der Waals surface area (Å²) in [7, 11) is 0. The van der Waals surface area contributed by atoms with Crippen LogP contribution in [0, 0.1) is 0 Å². The normalized spacial score (nSPS) is 20.2. The summed E-state index contributed by atoms with van der Waals surface area (Å²) >= 11 is 0. The molecule has 1 atom stereocenters. The molecule has 0 bridgehead atoms. The fourth-order valence-electron chi connectivity index (χ4n) is 3.32. The zero-order valence-corrected chi connectivity index (χ0v) is 16.1. The molecule has 1 aliphatic rings. The smallest absolute Gasteiger partial charge is 0.342 e. The standard InChI is InChI=1S/C24H24O5/c25-19-11-7-2-1-3-8-12-21(13-17-9-5-4-6-10-17)29-24(28)23-18(14-19)15-20(26)16-22(23)27/h3-11,15-16,21,26-27H,1-2,12-14H2/b8-3+,11-7+/t21-/m0/s1. The number of ketones is 1. The average Bonchev–Trinajstić information content (AvgIpc) is 2.66. The molecule has 3 rings (SSSR count). The number of carbonyl (C=O) groups is 2. The molecule has 2 aromatic rings. The summed E-state index contributed by atoms with van der Waals surface area (Å²) in [5, 5.41) is 20.1. The Morgan fingerprint density at radius 1 is 0.966 bits per heavy atom. The lowest BCUT2D eigenvalue weighted by Crippen LogP contribution is -2.22. The molecule has 0 fully saturated rings. The SMILES string of the molecule is O=C1/C=C/CC/C=C/C[C@@H](Cc2ccccc2)OC(=O)c2c(O)cc(O)cc2C1. The number of benzene rings is 2. The van der Waals surface area contributed by atoms with Gasteiger partial charge in [0.25, 0.3) is 0 Å². The number of fused-ring (bicyclic) bond motifs is 1. The van der Waals surface area contributed by atoms with Crippen molar-refractivity contribution in [3.8, 4) is 11.5 Å². The van der Waals surface area contributed by atoms with E-state index < -0.39 is 17.8 Å². The zero-order chi connectivity index (χ0) is 20.6. The summed E-state index contributed by atoms with van der Waals surface area (Å²) in [6, 6.07) is 12.1. The number of ether oxygens (including phenoxy) is 1. The number of allylic oxidation sites excluding steroid dienone is 3. The molecule has 5 heteroatoms. The second kappa shape index (κ2) is 9.73. The quantitative estimate of drug-likeness (QED) is 0.589. The van der Waals surface area contributed by atoms with Crippen molar-refractivity contribution in [2.24, 2.45) is 0 Å². The molecule has 0 aromatic heterocycles. The summed E-state index contributed by atoms with van der Waals surface area (Å²) in [5.41, 5.74) is 1.20. The van der Waals surface area contributed by atoms with Gasteiger partial charge in [0, 0.05) is 25.3 Å². The van der Waals surface area contributed by atoms with E-state index in [1.165, 1.54) is 12.1 Å². The zero-order valence-electron chi connectivity index (χ0n) is 16.1. The molecule has 0 aliphatic carbocycles. The molecule has 2 aromatic carbocycles. The second-order valence-electron chi connectivity index (χ2n) is 7.05. The van der Waals surface area contributed by atoms with Gasteiger partial charge in [-0.1, -0.05) is 48.6 Å². The Labute approximate surface area is 170 Å². The number of aromatic hydroxyl groups is 2. The van der Waals surface area contributed by atoms with Crippen LogP contribution in [-0.4, -0.2) is 28.1 Å².